The average Bonchev–Trinajstić information content (AvgIpc) is 3.28. The molecule has 2 aromatic carbocycles. The van der Waals surface area contributed by atoms with Crippen LogP contribution in [0.15, 0.2) is 59.0 Å². The fourth-order valence-electron chi connectivity index (χ4n) is 3.35. The molecule has 1 N–H and O–H groups in total. The SMILES string of the molecule is O=C(C[C@H]1CCc2ccccc21)NCc1nnc(-c2ccccc2)o1. The Hall–Kier alpha value is -2.95. The molecule has 5 heteroatoms. The van der Waals surface area contributed by atoms with E-state index in [-0.39, 0.29) is 12.5 Å². The summed E-state index contributed by atoms with van der Waals surface area (Å²) >= 11 is 0. The van der Waals surface area contributed by atoms with E-state index in [1.807, 2.05) is 36.4 Å². The lowest BCUT2D eigenvalue weighted by Gasteiger charge is -2.10. The molecule has 1 atom stereocenters. The summed E-state index contributed by atoms with van der Waals surface area (Å²) < 4.78 is 5.61. The number of carbonyl (C=O) groups is 1. The lowest BCUT2D eigenvalue weighted by Crippen LogP contribution is -2.24. The molecule has 0 fully saturated rings. The molecule has 0 spiro atoms. The first-order valence-corrected chi connectivity index (χ1v) is 8.52. The lowest BCUT2D eigenvalue weighted by atomic mass is 9.97. The van der Waals surface area contributed by atoms with Crippen LogP contribution in [0.1, 0.15) is 35.8 Å². The maximum Gasteiger partial charge on any atom is 0.247 e. The fourth-order valence-corrected chi connectivity index (χ4v) is 3.35. The van der Waals surface area contributed by atoms with Gasteiger partial charge in [-0.3, -0.25) is 4.79 Å². The third-order valence-electron chi connectivity index (χ3n) is 4.61. The monoisotopic (exact) mass is 333 g/mol. The maximum atomic E-state index is 12.3. The van der Waals surface area contributed by atoms with Gasteiger partial charge in [0.1, 0.15) is 0 Å². The molecular weight excluding hydrogens is 314 g/mol. The molecule has 0 saturated heterocycles. The van der Waals surface area contributed by atoms with Crippen molar-refractivity contribution >= 4 is 5.91 Å². The molecule has 25 heavy (non-hydrogen) atoms. The van der Waals surface area contributed by atoms with Crippen molar-refractivity contribution in [1.82, 2.24) is 15.5 Å². The fraction of sp³-hybridized carbons (Fsp3) is 0.250. The minimum atomic E-state index is 0.0150. The number of hydrogen-bond acceptors (Lipinski definition) is 4. The van der Waals surface area contributed by atoms with Crippen molar-refractivity contribution < 1.29 is 9.21 Å². The second-order valence-corrected chi connectivity index (χ2v) is 6.28. The summed E-state index contributed by atoms with van der Waals surface area (Å²) in [4.78, 5) is 12.3. The molecule has 1 heterocycles. The highest BCUT2D eigenvalue weighted by atomic mass is 16.4. The van der Waals surface area contributed by atoms with Gasteiger partial charge in [-0.1, -0.05) is 42.5 Å². The summed E-state index contributed by atoms with van der Waals surface area (Å²) in [6.45, 7) is 0.257. The second kappa shape index (κ2) is 6.89. The number of nitrogens with one attached hydrogen (secondary N) is 1. The number of aromatic nitrogens is 2. The molecule has 3 aromatic rings. The molecule has 0 saturated carbocycles. The van der Waals surface area contributed by atoms with Gasteiger partial charge in [-0.2, -0.15) is 0 Å². The third-order valence-corrected chi connectivity index (χ3v) is 4.61. The predicted molar refractivity (Wildman–Crippen MR) is 93.7 cm³/mol. The summed E-state index contributed by atoms with van der Waals surface area (Å²) in [6.07, 6.45) is 2.58. The van der Waals surface area contributed by atoms with Gasteiger partial charge in [0.2, 0.25) is 17.7 Å². The Morgan fingerprint density at radius 3 is 2.76 bits per heavy atom. The molecule has 126 valence electrons. The van der Waals surface area contributed by atoms with Crippen LogP contribution in [-0.2, 0) is 17.8 Å². The van der Waals surface area contributed by atoms with Crippen LogP contribution in [0.5, 0.6) is 0 Å². The zero-order valence-corrected chi connectivity index (χ0v) is 13.8. The van der Waals surface area contributed by atoms with Crippen molar-refractivity contribution in [1.29, 1.82) is 0 Å². The van der Waals surface area contributed by atoms with Crippen LogP contribution >= 0.6 is 0 Å². The van der Waals surface area contributed by atoms with Gasteiger partial charge in [-0.25, -0.2) is 0 Å². The van der Waals surface area contributed by atoms with Crippen LogP contribution in [0.3, 0.4) is 0 Å². The van der Waals surface area contributed by atoms with Crippen molar-refractivity contribution in [2.75, 3.05) is 0 Å². The molecular formula is C20H19N3O2. The Kier molecular flexibility index (Phi) is 4.29. The Morgan fingerprint density at radius 2 is 1.88 bits per heavy atom. The van der Waals surface area contributed by atoms with E-state index in [2.05, 4.69) is 33.7 Å². The topological polar surface area (TPSA) is 68.0 Å². The number of aryl methyl sites for hydroxylation is 1. The van der Waals surface area contributed by atoms with Crippen molar-refractivity contribution in [3.8, 4) is 11.5 Å². The van der Waals surface area contributed by atoms with E-state index >= 15 is 0 Å². The average molecular weight is 333 g/mol. The first kappa shape index (κ1) is 15.6. The number of rotatable bonds is 5. The smallest absolute Gasteiger partial charge is 0.247 e. The van der Waals surface area contributed by atoms with Crippen LogP contribution in [-0.4, -0.2) is 16.1 Å². The van der Waals surface area contributed by atoms with Gasteiger partial charge in [0, 0.05) is 12.0 Å². The highest BCUT2D eigenvalue weighted by Crippen LogP contribution is 2.35. The Morgan fingerprint density at radius 1 is 1.08 bits per heavy atom. The molecule has 0 radical (unpaired) electrons. The zero-order chi connectivity index (χ0) is 17.1. The maximum absolute atomic E-state index is 12.3. The van der Waals surface area contributed by atoms with Crippen LogP contribution < -0.4 is 5.32 Å². The van der Waals surface area contributed by atoms with Crippen molar-refractivity contribution in [2.24, 2.45) is 0 Å². The first-order valence-electron chi connectivity index (χ1n) is 8.52. The summed E-state index contributed by atoms with van der Waals surface area (Å²) in [5, 5.41) is 10.9. The number of amides is 1. The van der Waals surface area contributed by atoms with E-state index < -0.39 is 0 Å². The largest absolute Gasteiger partial charge is 0.419 e. The summed E-state index contributed by atoms with van der Waals surface area (Å²) in [5.74, 6) is 1.20. The standard InChI is InChI=1S/C20H19N3O2/c24-18(12-16-11-10-14-6-4-5-9-17(14)16)21-13-19-22-23-20(25-19)15-7-2-1-3-8-15/h1-9,16H,10-13H2,(H,21,24)/t16-/m1/s1. The summed E-state index contributed by atoms with van der Waals surface area (Å²) in [5.41, 5.74) is 3.54. The van der Waals surface area contributed by atoms with E-state index in [9.17, 15) is 4.79 Å². The van der Waals surface area contributed by atoms with Gasteiger partial charge in [-0.05, 0) is 42.0 Å². The number of benzene rings is 2. The molecule has 0 unspecified atom stereocenters. The molecule has 0 aliphatic heterocycles. The molecule has 1 amide bonds. The molecule has 1 aliphatic rings. The van der Waals surface area contributed by atoms with Gasteiger partial charge < -0.3 is 9.73 Å². The van der Waals surface area contributed by atoms with E-state index in [1.165, 1.54) is 11.1 Å². The lowest BCUT2D eigenvalue weighted by molar-refractivity contribution is -0.121. The second-order valence-electron chi connectivity index (χ2n) is 6.28. The van der Waals surface area contributed by atoms with Crippen molar-refractivity contribution in [3.63, 3.8) is 0 Å². The van der Waals surface area contributed by atoms with Crippen LogP contribution in [0.4, 0.5) is 0 Å². The van der Waals surface area contributed by atoms with Crippen LogP contribution in [0, 0.1) is 0 Å². The van der Waals surface area contributed by atoms with Crippen LogP contribution in [0.2, 0.25) is 0 Å². The van der Waals surface area contributed by atoms with Gasteiger partial charge in [0.15, 0.2) is 0 Å². The van der Waals surface area contributed by atoms with Gasteiger partial charge in [0.25, 0.3) is 0 Å². The van der Waals surface area contributed by atoms with Crippen molar-refractivity contribution in [2.45, 2.75) is 31.7 Å². The van der Waals surface area contributed by atoms with E-state index in [1.54, 1.807) is 0 Å². The Bertz CT molecular complexity index is 873. The highest BCUT2D eigenvalue weighted by Gasteiger charge is 2.24. The van der Waals surface area contributed by atoms with Gasteiger partial charge in [0.05, 0.1) is 6.54 Å². The Balaban J connectivity index is 1.33. The molecule has 5 nitrogen and oxygen atoms in total. The molecule has 1 aromatic heterocycles. The van der Waals surface area contributed by atoms with Crippen molar-refractivity contribution in [3.05, 3.63) is 71.6 Å². The van der Waals surface area contributed by atoms with Gasteiger partial charge >= 0.3 is 0 Å². The number of nitrogens with zero attached hydrogens (tertiary/aromatic N) is 2. The molecule has 4 rings (SSSR count). The molecule has 0 bridgehead atoms. The predicted octanol–water partition coefficient (Wildman–Crippen LogP) is 3.47. The normalized spacial score (nSPS) is 15.8. The van der Waals surface area contributed by atoms with Gasteiger partial charge in [-0.15, -0.1) is 10.2 Å². The van der Waals surface area contributed by atoms with E-state index in [4.69, 9.17) is 4.42 Å². The third kappa shape index (κ3) is 3.45. The number of hydrogen-bond donors (Lipinski definition) is 1. The number of carbonyl (C=O) groups excluding carboxylic acids is 1. The minimum absolute atomic E-state index is 0.0150. The quantitative estimate of drug-likeness (QED) is 0.776. The van der Waals surface area contributed by atoms with Crippen LogP contribution in [0.25, 0.3) is 11.5 Å². The highest BCUT2D eigenvalue weighted by molar-refractivity contribution is 5.77. The summed E-state index contributed by atoms with van der Waals surface area (Å²) in [7, 11) is 0. The summed E-state index contributed by atoms with van der Waals surface area (Å²) in [6, 6.07) is 18.0. The minimum Gasteiger partial charge on any atom is -0.419 e. The van der Waals surface area contributed by atoms with E-state index in [0.29, 0.717) is 24.1 Å². The first-order chi connectivity index (χ1) is 12.3. The molecule has 1 aliphatic carbocycles. The zero-order valence-electron chi connectivity index (χ0n) is 13.8. The van der Waals surface area contributed by atoms with E-state index in [0.717, 1.165) is 18.4 Å². The Labute approximate surface area is 146 Å². The number of fused-ring (bicyclic) bond motifs is 1.